The second kappa shape index (κ2) is 9.68. The van der Waals surface area contributed by atoms with Crippen LogP contribution in [0.15, 0.2) is 45.8 Å². The van der Waals surface area contributed by atoms with E-state index in [1.54, 1.807) is 42.5 Å². The number of thioether (sulfide) groups is 1. The van der Waals surface area contributed by atoms with Crippen molar-refractivity contribution in [3.05, 3.63) is 61.9 Å². The number of anilines is 1. The Balaban J connectivity index is 1.71. The molecule has 2 aromatic carbocycles. The zero-order valence-corrected chi connectivity index (χ0v) is 19.4. The molecule has 1 aliphatic rings. The normalized spacial score (nSPS) is 15.1. The number of amides is 3. The highest BCUT2D eigenvalue weighted by molar-refractivity contribution is 9.10. The van der Waals surface area contributed by atoms with Crippen molar-refractivity contribution in [3.8, 4) is 5.75 Å². The van der Waals surface area contributed by atoms with Crippen molar-refractivity contribution < 1.29 is 19.1 Å². The summed E-state index contributed by atoms with van der Waals surface area (Å²) in [6.45, 7) is 3.87. The first kappa shape index (κ1) is 22.4. The average molecular weight is 510 g/mol. The minimum atomic E-state index is -0.507. The Hall–Kier alpha value is -2.29. The summed E-state index contributed by atoms with van der Waals surface area (Å²) in [5, 5.41) is 2.68. The fourth-order valence-corrected chi connectivity index (χ4v) is 4.25. The number of benzene rings is 2. The van der Waals surface area contributed by atoms with Crippen LogP contribution in [0.1, 0.15) is 18.1 Å². The largest absolute Gasteiger partial charge is 0.493 e. The van der Waals surface area contributed by atoms with E-state index < -0.39 is 17.1 Å². The lowest BCUT2D eigenvalue weighted by molar-refractivity contribution is -0.127. The van der Waals surface area contributed by atoms with Crippen LogP contribution in [-0.4, -0.2) is 35.1 Å². The Morgan fingerprint density at radius 1 is 1.27 bits per heavy atom. The fourth-order valence-electron chi connectivity index (χ4n) is 2.73. The highest BCUT2D eigenvalue weighted by Crippen LogP contribution is 2.34. The molecule has 3 rings (SSSR count). The van der Waals surface area contributed by atoms with Crippen LogP contribution in [0, 0.1) is 6.92 Å². The molecule has 30 heavy (non-hydrogen) atoms. The van der Waals surface area contributed by atoms with Gasteiger partial charge in [-0.3, -0.25) is 19.3 Å². The number of hydrogen-bond acceptors (Lipinski definition) is 5. The molecule has 2 aromatic rings. The van der Waals surface area contributed by atoms with Crippen molar-refractivity contribution in [2.75, 3.05) is 18.5 Å². The van der Waals surface area contributed by atoms with Gasteiger partial charge in [-0.2, -0.15) is 0 Å². The average Bonchev–Trinajstić information content (AvgIpc) is 2.94. The summed E-state index contributed by atoms with van der Waals surface area (Å²) in [4.78, 5) is 38.5. The van der Waals surface area contributed by atoms with Crippen LogP contribution in [0.4, 0.5) is 10.5 Å². The first-order chi connectivity index (χ1) is 14.3. The van der Waals surface area contributed by atoms with E-state index in [9.17, 15) is 14.4 Å². The van der Waals surface area contributed by atoms with Gasteiger partial charge in [0.25, 0.3) is 11.1 Å². The number of nitrogens with zero attached hydrogens (tertiary/aromatic N) is 1. The van der Waals surface area contributed by atoms with E-state index >= 15 is 0 Å². The molecule has 0 radical (unpaired) electrons. The number of hydrogen-bond donors (Lipinski definition) is 1. The number of aryl methyl sites for hydroxylation is 1. The second-order valence-electron chi connectivity index (χ2n) is 6.40. The monoisotopic (exact) mass is 508 g/mol. The van der Waals surface area contributed by atoms with Gasteiger partial charge in [0.1, 0.15) is 12.3 Å². The lowest BCUT2D eigenvalue weighted by Gasteiger charge is -2.13. The summed E-state index contributed by atoms with van der Waals surface area (Å²) >= 11 is 10.2. The van der Waals surface area contributed by atoms with E-state index in [1.165, 1.54) is 0 Å². The number of carbonyl (C=O) groups is 3. The van der Waals surface area contributed by atoms with E-state index in [1.807, 2.05) is 13.8 Å². The molecular weight excluding hydrogens is 492 g/mol. The lowest BCUT2D eigenvalue weighted by atomic mass is 10.2. The van der Waals surface area contributed by atoms with Gasteiger partial charge in [0.15, 0.2) is 0 Å². The molecule has 0 aliphatic carbocycles. The zero-order chi connectivity index (χ0) is 21.8. The van der Waals surface area contributed by atoms with Gasteiger partial charge in [-0.05, 0) is 83.0 Å². The maximum Gasteiger partial charge on any atom is 0.294 e. The van der Waals surface area contributed by atoms with E-state index in [-0.39, 0.29) is 11.4 Å². The standard InChI is InChI=1S/C21H18BrClN2O4S/c1-3-29-17-7-5-13(8-15(17)22)9-18-20(27)25(21(28)30-18)11-19(26)24-16-10-14(23)6-4-12(16)2/h4-10H,3,11H2,1-2H3,(H,24,26)/b18-9-. The van der Waals surface area contributed by atoms with Crippen LogP contribution < -0.4 is 10.1 Å². The van der Waals surface area contributed by atoms with Gasteiger partial charge < -0.3 is 10.1 Å². The van der Waals surface area contributed by atoms with Gasteiger partial charge in [-0.1, -0.05) is 23.7 Å². The Kier molecular flexibility index (Phi) is 7.23. The predicted octanol–water partition coefficient (Wildman–Crippen LogP) is 5.48. The second-order valence-corrected chi connectivity index (χ2v) is 8.68. The Morgan fingerprint density at radius 2 is 2.03 bits per heavy atom. The molecule has 1 heterocycles. The molecule has 0 spiro atoms. The number of halogens is 2. The van der Waals surface area contributed by atoms with Crippen molar-refractivity contribution in [3.63, 3.8) is 0 Å². The van der Waals surface area contributed by atoms with Gasteiger partial charge in [0, 0.05) is 10.7 Å². The summed E-state index contributed by atoms with van der Waals surface area (Å²) < 4.78 is 6.21. The smallest absolute Gasteiger partial charge is 0.294 e. The van der Waals surface area contributed by atoms with Crippen LogP contribution in [0.3, 0.4) is 0 Å². The first-order valence-corrected chi connectivity index (χ1v) is 11.0. The molecular formula is C21H18BrClN2O4S. The molecule has 0 unspecified atom stereocenters. The van der Waals surface area contributed by atoms with Crippen LogP contribution in [0.2, 0.25) is 5.02 Å². The third kappa shape index (κ3) is 5.24. The minimum Gasteiger partial charge on any atom is -0.493 e. The van der Waals surface area contributed by atoms with E-state index in [4.69, 9.17) is 16.3 Å². The number of rotatable bonds is 6. The summed E-state index contributed by atoms with van der Waals surface area (Å²) in [5.74, 6) is -0.295. The minimum absolute atomic E-state index is 0.253. The highest BCUT2D eigenvalue weighted by Gasteiger charge is 2.36. The van der Waals surface area contributed by atoms with Crippen molar-refractivity contribution in [1.29, 1.82) is 0 Å². The third-order valence-electron chi connectivity index (χ3n) is 4.20. The first-order valence-electron chi connectivity index (χ1n) is 9.02. The summed E-state index contributed by atoms with van der Waals surface area (Å²) in [6, 6.07) is 10.5. The molecule has 1 fully saturated rings. The number of ether oxygens (including phenoxy) is 1. The van der Waals surface area contributed by atoms with Gasteiger partial charge in [-0.25, -0.2) is 0 Å². The molecule has 9 heteroatoms. The number of carbonyl (C=O) groups excluding carboxylic acids is 3. The third-order valence-corrected chi connectivity index (χ3v) is 5.96. The topological polar surface area (TPSA) is 75.7 Å². The molecule has 1 saturated heterocycles. The Labute approximate surface area is 191 Å². The molecule has 1 N–H and O–H groups in total. The Bertz CT molecular complexity index is 1060. The number of nitrogens with one attached hydrogen (secondary N) is 1. The van der Waals surface area contributed by atoms with Crippen LogP contribution in [0.5, 0.6) is 5.75 Å². The van der Waals surface area contributed by atoms with E-state index in [0.29, 0.717) is 23.1 Å². The maximum absolute atomic E-state index is 12.7. The SMILES string of the molecule is CCOc1ccc(/C=C2\SC(=O)N(CC(=O)Nc3cc(Cl)ccc3C)C2=O)cc1Br. The molecule has 3 amide bonds. The zero-order valence-electron chi connectivity index (χ0n) is 16.2. The van der Waals surface area contributed by atoms with Gasteiger partial charge >= 0.3 is 0 Å². The van der Waals surface area contributed by atoms with Crippen molar-refractivity contribution in [2.45, 2.75) is 13.8 Å². The molecule has 6 nitrogen and oxygen atoms in total. The molecule has 0 aromatic heterocycles. The lowest BCUT2D eigenvalue weighted by Crippen LogP contribution is -2.36. The molecule has 156 valence electrons. The quantitative estimate of drug-likeness (QED) is 0.522. The maximum atomic E-state index is 12.7. The van der Waals surface area contributed by atoms with Gasteiger partial charge in [0.05, 0.1) is 16.0 Å². The van der Waals surface area contributed by atoms with Crippen LogP contribution >= 0.6 is 39.3 Å². The van der Waals surface area contributed by atoms with E-state index in [0.717, 1.165) is 32.3 Å². The summed E-state index contributed by atoms with van der Waals surface area (Å²) in [6.07, 6.45) is 1.62. The van der Waals surface area contributed by atoms with Gasteiger partial charge in [0.2, 0.25) is 5.91 Å². The Morgan fingerprint density at radius 3 is 2.73 bits per heavy atom. The molecule has 0 bridgehead atoms. The number of imide groups is 1. The van der Waals surface area contributed by atoms with Crippen LogP contribution in [-0.2, 0) is 9.59 Å². The van der Waals surface area contributed by atoms with Gasteiger partial charge in [-0.15, -0.1) is 0 Å². The van der Waals surface area contributed by atoms with E-state index in [2.05, 4.69) is 21.2 Å². The molecule has 0 atom stereocenters. The van der Waals surface area contributed by atoms with Crippen LogP contribution in [0.25, 0.3) is 6.08 Å². The highest BCUT2D eigenvalue weighted by atomic mass is 79.9. The molecule has 1 aliphatic heterocycles. The van der Waals surface area contributed by atoms with Crippen molar-refractivity contribution in [1.82, 2.24) is 4.90 Å². The van der Waals surface area contributed by atoms with Crippen molar-refractivity contribution >= 4 is 68.1 Å². The van der Waals surface area contributed by atoms with Crippen molar-refractivity contribution in [2.24, 2.45) is 0 Å². The summed E-state index contributed by atoms with van der Waals surface area (Å²) in [5.41, 5.74) is 2.09. The summed E-state index contributed by atoms with van der Waals surface area (Å²) in [7, 11) is 0. The molecule has 0 saturated carbocycles. The fraction of sp³-hybridized carbons (Fsp3) is 0.190. The predicted molar refractivity (Wildman–Crippen MR) is 123 cm³/mol.